The molecule has 102 valence electrons. The van der Waals surface area contributed by atoms with Crippen LogP contribution in [0.5, 0.6) is 5.75 Å². The van der Waals surface area contributed by atoms with Crippen LogP contribution < -0.4 is 9.46 Å². The number of hydrogen-bond donors (Lipinski definition) is 1. The van der Waals surface area contributed by atoms with E-state index in [0.717, 1.165) is 5.75 Å². The third-order valence-corrected chi connectivity index (χ3v) is 4.38. The van der Waals surface area contributed by atoms with Gasteiger partial charge < -0.3 is 4.74 Å². The highest BCUT2D eigenvalue weighted by Crippen LogP contribution is 2.20. The second-order valence-corrected chi connectivity index (χ2v) is 6.42. The van der Waals surface area contributed by atoms with Gasteiger partial charge in [0.1, 0.15) is 12.4 Å². The standard InChI is InChI=1S/C13H21NO3S/c1-5-18(15,16)14-6-7-17-13-8-10(2)12(4)11(3)9-13/h8-9,14H,5-7H2,1-4H3. The van der Waals surface area contributed by atoms with Gasteiger partial charge >= 0.3 is 0 Å². The number of aryl methyl sites for hydroxylation is 2. The molecule has 5 heteroatoms. The average Bonchev–Trinajstić information content (AvgIpc) is 2.31. The first-order chi connectivity index (χ1) is 8.35. The zero-order valence-electron chi connectivity index (χ0n) is 11.4. The summed E-state index contributed by atoms with van der Waals surface area (Å²) in [6, 6.07) is 3.94. The fourth-order valence-corrected chi connectivity index (χ4v) is 2.15. The second-order valence-electron chi connectivity index (χ2n) is 4.33. The molecule has 0 atom stereocenters. The monoisotopic (exact) mass is 271 g/mol. The summed E-state index contributed by atoms with van der Waals surface area (Å²) in [5.41, 5.74) is 3.62. The molecule has 0 fully saturated rings. The molecule has 0 aromatic heterocycles. The Labute approximate surface area is 109 Å². The van der Waals surface area contributed by atoms with Gasteiger partial charge in [0.05, 0.1) is 5.75 Å². The molecule has 0 aliphatic rings. The third-order valence-electron chi connectivity index (χ3n) is 2.97. The van der Waals surface area contributed by atoms with Crippen LogP contribution in [-0.4, -0.2) is 27.3 Å². The van der Waals surface area contributed by atoms with E-state index in [9.17, 15) is 8.42 Å². The highest BCUT2D eigenvalue weighted by Gasteiger charge is 2.05. The maximum absolute atomic E-state index is 11.2. The molecule has 0 aliphatic carbocycles. The van der Waals surface area contributed by atoms with Gasteiger partial charge in [-0.25, -0.2) is 13.1 Å². The van der Waals surface area contributed by atoms with Gasteiger partial charge in [-0.3, -0.25) is 0 Å². The number of nitrogens with one attached hydrogen (secondary N) is 1. The van der Waals surface area contributed by atoms with Crippen molar-refractivity contribution in [3.63, 3.8) is 0 Å². The fourth-order valence-electron chi connectivity index (χ4n) is 1.55. The zero-order valence-corrected chi connectivity index (χ0v) is 12.2. The third kappa shape index (κ3) is 4.31. The Morgan fingerprint density at radius 1 is 1.17 bits per heavy atom. The van der Waals surface area contributed by atoms with E-state index >= 15 is 0 Å². The van der Waals surface area contributed by atoms with Gasteiger partial charge in [0.2, 0.25) is 10.0 Å². The summed E-state index contributed by atoms with van der Waals surface area (Å²) in [6.07, 6.45) is 0. The molecule has 18 heavy (non-hydrogen) atoms. The van der Waals surface area contributed by atoms with Crippen LogP contribution in [0, 0.1) is 20.8 Å². The molecule has 0 heterocycles. The Bertz CT molecular complexity index is 486. The minimum Gasteiger partial charge on any atom is -0.492 e. The largest absolute Gasteiger partial charge is 0.492 e. The lowest BCUT2D eigenvalue weighted by atomic mass is 10.0. The van der Waals surface area contributed by atoms with Crippen molar-refractivity contribution in [3.05, 3.63) is 28.8 Å². The van der Waals surface area contributed by atoms with E-state index in [0.29, 0.717) is 13.2 Å². The van der Waals surface area contributed by atoms with Crippen molar-refractivity contribution in [2.24, 2.45) is 0 Å². The first kappa shape index (κ1) is 15.0. The Morgan fingerprint density at radius 2 is 1.72 bits per heavy atom. The highest BCUT2D eigenvalue weighted by atomic mass is 32.2. The van der Waals surface area contributed by atoms with E-state index in [4.69, 9.17) is 4.74 Å². The number of rotatable bonds is 6. The minimum atomic E-state index is -3.13. The molecular weight excluding hydrogens is 250 g/mol. The molecule has 1 aromatic rings. The van der Waals surface area contributed by atoms with Crippen LogP contribution >= 0.6 is 0 Å². The Morgan fingerprint density at radius 3 is 2.22 bits per heavy atom. The van der Waals surface area contributed by atoms with Crippen LogP contribution in [0.4, 0.5) is 0 Å². The molecule has 0 saturated heterocycles. The van der Waals surface area contributed by atoms with Crippen LogP contribution in [-0.2, 0) is 10.0 Å². The maximum Gasteiger partial charge on any atom is 0.211 e. The Hall–Kier alpha value is -1.07. The molecular formula is C13H21NO3S. The predicted octanol–water partition coefficient (Wildman–Crippen LogP) is 1.93. The molecule has 0 saturated carbocycles. The molecule has 1 rings (SSSR count). The van der Waals surface area contributed by atoms with Crippen molar-refractivity contribution in [3.8, 4) is 5.75 Å². The summed E-state index contributed by atoms with van der Waals surface area (Å²) in [6.45, 7) is 8.38. The molecule has 0 spiro atoms. The molecule has 0 unspecified atom stereocenters. The number of benzene rings is 1. The van der Waals surface area contributed by atoms with Crippen LogP contribution in [0.2, 0.25) is 0 Å². The average molecular weight is 271 g/mol. The minimum absolute atomic E-state index is 0.0930. The molecule has 0 amide bonds. The summed E-state index contributed by atoms with van der Waals surface area (Å²) in [7, 11) is -3.13. The van der Waals surface area contributed by atoms with Crippen LogP contribution in [0.15, 0.2) is 12.1 Å². The molecule has 1 N–H and O–H groups in total. The van der Waals surface area contributed by atoms with E-state index in [1.165, 1.54) is 16.7 Å². The van der Waals surface area contributed by atoms with E-state index < -0.39 is 10.0 Å². The van der Waals surface area contributed by atoms with Gasteiger partial charge in [0.15, 0.2) is 0 Å². The van der Waals surface area contributed by atoms with Crippen molar-refractivity contribution in [1.29, 1.82) is 0 Å². The first-order valence-corrected chi connectivity index (χ1v) is 7.69. The van der Waals surface area contributed by atoms with Gasteiger partial charge in [-0.15, -0.1) is 0 Å². The second kappa shape index (κ2) is 6.20. The van der Waals surface area contributed by atoms with E-state index in [1.807, 2.05) is 26.0 Å². The number of hydrogen-bond acceptors (Lipinski definition) is 3. The lowest BCUT2D eigenvalue weighted by Crippen LogP contribution is -2.29. The quantitative estimate of drug-likeness (QED) is 0.804. The van der Waals surface area contributed by atoms with Gasteiger partial charge in [0, 0.05) is 6.54 Å². The number of ether oxygens (including phenoxy) is 1. The van der Waals surface area contributed by atoms with E-state index in [1.54, 1.807) is 6.92 Å². The SMILES string of the molecule is CCS(=O)(=O)NCCOc1cc(C)c(C)c(C)c1. The summed E-state index contributed by atoms with van der Waals surface area (Å²) in [5, 5.41) is 0. The summed E-state index contributed by atoms with van der Waals surface area (Å²) in [5.74, 6) is 0.877. The molecule has 4 nitrogen and oxygen atoms in total. The smallest absolute Gasteiger partial charge is 0.211 e. The van der Waals surface area contributed by atoms with Crippen molar-refractivity contribution < 1.29 is 13.2 Å². The lowest BCUT2D eigenvalue weighted by molar-refractivity contribution is 0.322. The van der Waals surface area contributed by atoms with Gasteiger partial charge in [-0.05, 0) is 56.5 Å². The fraction of sp³-hybridized carbons (Fsp3) is 0.538. The van der Waals surface area contributed by atoms with E-state index in [-0.39, 0.29) is 5.75 Å². The van der Waals surface area contributed by atoms with Crippen molar-refractivity contribution in [1.82, 2.24) is 4.72 Å². The predicted molar refractivity (Wildman–Crippen MR) is 73.6 cm³/mol. The summed E-state index contributed by atoms with van der Waals surface area (Å²) in [4.78, 5) is 0. The number of sulfonamides is 1. The molecule has 0 aliphatic heterocycles. The maximum atomic E-state index is 11.2. The summed E-state index contributed by atoms with van der Waals surface area (Å²) >= 11 is 0. The molecule has 1 aromatic carbocycles. The van der Waals surface area contributed by atoms with Crippen molar-refractivity contribution >= 4 is 10.0 Å². The highest BCUT2D eigenvalue weighted by molar-refractivity contribution is 7.89. The summed E-state index contributed by atoms with van der Waals surface area (Å²) < 4.78 is 30.4. The lowest BCUT2D eigenvalue weighted by Gasteiger charge is -2.11. The van der Waals surface area contributed by atoms with Crippen LogP contribution in [0.25, 0.3) is 0 Å². The van der Waals surface area contributed by atoms with Gasteiger partial charge in [0.25, 0.3) is 0 Å². The Balaban J connectivity index is 2.50. The van der Waals surface area contributed by atoms with Gasteiger partial charge in [-0.2, -0.15) is 0 Å². The normalized spacial score (nSPS) is 11.6. The van der Waals surface area contributed by atoms with Crippen LogP contribution in [0.1, 0.15) is 23.6 Å². The molecule has 0 bridgehead atoms. The zero-order chi connectivity index (χ0) is 13.8. The van der Waals surface area contributed by atoms with Crippen molar-refractivity contribution in [2.75, 3.05) is 18.9 Å². The Kier molecular flexibility index (Phi) is 5.16. The topological polar surface area (TPSA) is 55.4 Å². The van der Waals surface area contributed by atoms with Crippen molar-refractivity contribution in [2.45, 2.75) is 27.7 Å². The molecule has 0 radical (unpaired) electrons. The van der Waals surface area contributed by atoms with Crippen LogP contribution in [0.3, 0.4) is 0 Å². The van der Waals surface area contributed by atoms with E-state index in [2.05, 4.69) is 11.6 Å². The van der Waals surface area contributed by atoms with Gasteiger partial charge in [-0.1, -0.05) is 0 Å². The first-order valence-electron chi connectivity index (χ1n) is 6.03.